The maximum atomic E-state index is 13.8. The van der Waals surface area contributed by atoms with Gasteiger partial charge in [0, 0.05) is 47.7 Å². The number of aromatic amines is 1. The topological polar surface area (TPSA) is 118 Å². The third-order valence-corrected chi connectivity index (χ3v) is 6.74. The van der Waals surface area contributed by atoms with Gasteiger partial charge in [0.05, 0.1) is 27.6 Å². The Bertz CT molecular complexity index is 1900. The zero-order valence-corrected chi connectivity index (χ0v) is 21.1. The number of hydrogen-bond donors (Lipinski definition) is 4. The molecule has 0 bridgehead atoms. The first-order valence-corrected chi connectivity index (χ1v) is 12.5. The van der Waals surface area contributed by atoms with Crippen molar-refractivity contribution in [2.75, 3.05) is 18.4 Å². The van der Waals surface area contributed by atoms with E-state index in [2.05, 4.69) is 26.3 Å². The van der Waals surface area contributed by atoms with E-state index in [9.17, 15) is 14.0 Å². The second-order valence-corrected chi connectivity index (χ2v) is 9.30. The molecule has 4 aromatic carbocycles. The maximum absolute atomic E-state index is 13.8. The largest absolute Gasteiger partial charge is 0.383 e. The highest BCUT2D eigenvalue weighted by molar-refractivity contribution is 6.15. The highest BCUT2D eigenvalue weighted by atomic mass is 19.1. The molecular weight excluding hydrogens is 495 g/mol. The Morgan fingerprint density at radius 2 is 1.79 bits per heavy atom. The summed E-state index contributed by atoms with van der Waals surface area (Å²) < 4.78 is 16.0. The minimum atomic E-state index is -0.547. The number of carbonyl (C=O) groups excluding carboxylic acids is 2. The number of nitrogens with two attached hydrogens (primary N) is 1. The van der Waals surface area contributed by atoms with Gasteiger partial charge in [-0.3, -0.25) is 9.59 Å². The molecule has 0 unspecified atom stereocenters. The number of fused-ring (bicyclic) bond motifs is 4. The molecule has 0 aliphatic rings. The van der Waals surface area contributed by atoms with Gasteiger partial charge >= 0.3 is 0 Å². The number of carbonyl (C=O) groups is 2. The fourth-order valence-corrected chi connectivity index (χ4v) is 5.07. The highest BCUT2D eigenvalue weighted by Crippen LogP contribution is 2.38. The molecule has 0 fully saturated rings. The number of aromatic nitrogens is 3. The fourth-order valence-electron chi connectivity index (χ4n) is 5.07. The summed E-state index contributed by atoms with van der Waals surface area (Å²) in [5.74, 6) is -0.354. The molecular formula is C30H25FN6O2. The van der Waals surface area contributed by atoms with Crippen molar-refractivity contribution in [3.05, 3.63) is 90.2 Å². The zero-order chi connectivity index (χ0) is 27.1. The van der Waals surface area contributed by atoms with E-state index < -0.39 is 5.91 Å². The fraction of sp³-hybridized carbons (Fsp3) is 0.100. The second-order valence-electron chi connectivity index (χ2n) is 9.30. The first-order valence-electron chi connectivity index (χ1n) is 12.5. The maximum Gasteiger partial charge on any atom is 0.250 e. The van der Waals surface area contributed by atoms with Gasteiger partial charge < -0.3 is 25.9 Å². The van der Waals surface area contributed by atoms with Gasteiger partial charge in [-0.1, -0.05) is 30.3 Å². The van der Waals surface area contributed by atoms with Gasteiger partial charge in [-0.25, -0.2) is 9.37 Å². The van der Waals surface area contributed by atoms with E-state index in [0.29, 0.717) is 41.2 Å². The number of anilines is 1. The molecule has 0 saturated heterocycles. The van der Waals surface area contributed by atoms with Crippen LogP contribution in [0.15, 0.2) is 78.9 Å². The summed E-state index contributed by atoms with van der Waals surface area (Å²) in [6.45, 7) is 2.28. The second kappa shape index (κ2) is 9.60. The number of hydrogen-bond acceptors (Lipinski definition) is 4. The van der Waals surface area contributed by atoms with Crippen molar-refractivity contribution in [3.8, 4) is 17.1 Å². The van der Waals surface area contributed by atoms with Crippen LogP contribution in [0.1, 0.15) is 17.3 Å². The third-order valence-electron chi connectivity index (χ3n) is 6.74. The number of H-pyrrole nitrogens is 1. The van der Waals surface area contributed by atoms with Crippen LogP contribution in [0.5, 0.6) is 0 Å². The molecule has 0 radical (unpaired) electrons. The normalized spacial score (nSPS) is 11.3. The molecule has 2 amide bonds. The molecule has 194 valence electrons. The summed E-state index contributed by atoms with van der Waals surface area (Å²) in [5.41, 5.74) is 11.5. The molecule has 0 aliphatic carbocycles. The lowest BCUT2D eigenvalue weighted by Crippen LogP contribution is -2.27. The number of rotatable bonds is 7. The number of nitrogens with zero attached hydrogens (tertiary/aromatic N) is 2. The van der Waals surface area contributed by atoms with E-state index in [4.69, 9.17) is 10.7 Å². The first kappa shape index (κ1) is 24.2. The van der Waals surface area contributed by atoms with Crippen molar-refractivity contribution in [1.82, 2.24) is 19.9 Å². The minimum Gasteiger partial charge on any atom is -0.383 e. The Morgan fingerprint density at radius 3 is 2.62 bits per heavy atom. The molecule has 0 spiro atoms. The van der Waals surface area contributed by atoms with Gasteiger partial charge in [0.2, 0.25) is 5.91 Å². The van der Waals surface area contributed by atoms with Crippen LogP contribution in [0.4, 0.5) is 10.1 Å². The van der Waals surface area contributed by atoms with E-state index in [1.807, 2.05) is 48.5 Å². The van der Waals surface area contributed by atoms with Crippen LogP contribution in [-0.4, -0.2) is 39.4 Å². The standard InChI is InChI=1S/C30H25FN6O2/c1-17(38)33-13-14-34-24-16-19(10-11-20(24)29(32)39)37-26-7-3-2-5-21(26)28-22(6-4-8-27(28)37)30-35-23-12-9-18(31)15-25(23)36-30/h2-12,15-16,34H,13-14H2,1H3,(H2,32,39)(H,33,38)(H,35,36). The molecule has 0 aliphatic heterocycles. The number of imidazole rings is 1. The summed E-state index contributed by atoms with van der Waals surface area (Å²) in [6, 6.07) is 24.0. The van der Waals surface area contributed by atoms with Gasteiger partial charge in [-0.2, -0.15) is 0 Å². The molecule has 6 rings (SSSR count). The molecule has 6 aromatic rings. The van der Waals surface area contributed by atoms with E-state index in [1.165, 1.54) is 19.1 Å². The summed E-state index contributed by atoms with van der Waals surface area (Å²) in [5, 5.41) is 7.98. The molecule has 0 saturated carbocycles. The summed E-state index contributed by atoms with van der Waals surface area (Å²) in [7, 11) is 0. The summed E-state index contributed by atoms with van der Waals surface area (Å²) in [4.78, 5) is 31.4. The molecule has 39 heavy (non-hydrogen) atoms. The third kappa shape index (κ3) is 4.33. The Hall–Kier alpha value is -5.18. The van der Waals surface area contributed by atoms with Crippen LogP contribution in [-0.2, 0) is 4.79 Å². The molecule has 9 heteroatoms. The molecule has 0 atom stereocenters. The van der Waals surface area contributed by atoms with Crippen LogP contribution in [0.3, 0.4) is 0 Å². The Kier molecular flexibility index (Phi) is 5.95. The van der Waals surface area contributed by atoms with Gasteiger partial charge in [-0.15, -0.1) is 0 Å². The Labute approximate surface area is 222 Å². The van der Waals surface area contributed by atoms with Gasteiger partial charge in [0.1, 0.15) is 11.6 Å². The monoisotopic (exact) mass is 520 g/mol. The summed E-state index contributed by atoms with van der Waals surface area (Å²) >= 11 is 0. The molecule has 8 nitrogen and oxygen atoms in total. The molecule has 2 aromatic heterocycles. The SMILES string of the molecule is CC(=O)NCCNc1cc(-n2c3ccccc3c3c(-c4nc5ccc(F)cc5[nH]4)cccc32)ccc1C(N)=O. The average Bonchev–Trinajstić information content (AvgIpc) is 3.49. The number of amides is 2. The quantitative estimate of drug-likeness (QED) is 0.219. The van der Waals surface area contributed by atoms with Gasteiger partial charge in [-0.05, 0) is 48.5 Å². The van der Waals surface area contributed by atoms with Crippen molar-refractivity contribution >= 4 is 50.3 Å². The van der Waals surface area contributed by atoms with Crippen LogP contribution < -0.4 is 16.4 Å². The van der Waals surface area contributed by atoms with Crippen LogP contribution >= 0.6 is 0 Å². The van der Waals surface area contributed by atoms with Crippen LogP contribution in [0.2, 0.25) is 0 Å². The van der Waals surface area contributed by atoms with Crippen LogP contribution in [0.25, 0.3) is 49.9 Å². The van der Waals surface area contributed by atoms with Crippen molar-refractivity contribution in [3.63, 3.8) is 0 Å². The number of primary amides is 1. The van der Waals surface area contributed by atoms with Crippen molar-refractivity contribution in [2.24, 2.45) is 5.73 Å². The predicted molar refractivity (Wildman–Crippen MR) is 152 cm³/mol. The van der Waals surface area contributed by atoms with Gasteiger partial charge in [0.25, 0.3) is 5.91 Å². The van der Waals surface area contributed by atoms with Crippen molar-refractivity contribution in [1.29, 1.82) is 0 Å². The van der Waals surface area contributed by atoms with E-state index in [-0.39, 0.29) is 11.7 Å². The number of nitrogens with one attached hydrogen (secondary N) is 3. The molecule has 2 heterocycles. The van der Waals surface area contributed by atoms with E-state index in [1.54, 1.807) is 12.1 Å². The Morgan fingerprint density at radius 1 is 0.974 bits per heavy atom. The number of benzene rings is 4. The van der Waals surface area contributed by atoms with Crippen molar-refractivity contribution in [2.45, 2.75) is 6.92 Å². The zero-order valence-electron chi connectivity index (χ0n) is 21.1. The number of para-hydroxylation sites is 1. The Balaban J connectivity index is 1.53. The molecule has 5 N–H and O–H groups in total. The van der Waals surface area contributed by atoms with Gasteiger partial charge in [0.15, 0.2) is 0 Å². The lowest BCUT2D eigenvalue weighted by molar-refractivity contribution is -0.118. The van der Waals surface area contributed by atoms with Crippen molar-refractivity contribution < 1.29 is 14.0 Å². The van der Waals surface area contributed by atoms with E-state index in [0.717, 1.165) is 33.1 Å². The van der Waals surface area contributed by atoms with Crippen LogP contribution in [0, 0.1) is 5.82 Å². The predicted octanol–water partition coefficient (Wildman–Crippen LogP) is 5.11. The smallest absolute Gasteiger partial charge is 0.250 e. The van der Waals surface area contributed by atoms with E-state index >= 15 is 0 Å². The minimum absolute atomic E-state index is 0.128. The lowest BCUT2D eigenvalue weighted by Gasteiger charge is -2.14. The summed E-state index contributed by atoms with van der Waals surface area (Å²) in [6.07, 6.45) is 0. The highest BCUT2D eigenvalue weighted by Gasteiger charge is 2.19. The first-order chi connectivity index (χ1) is 18.9. The lowest BCUT2D eigenvalue weighted by atomic mass is 10.1. The number of halogens is 1. The average molecular weight is 521 g/mol.